The number of benzene rings is 1. The zero-order chi connectivity index (χ0) is 11.4. The molecule has 16 heavy (non-hydrogen) atoms. The monoisotopic (exact) mass is 217 g/mol. The molecular weight excluding hydrogens is 205 g/mol. The maximum atomic E-state index is 12.9. The zero-order valence-electron chi connectivity index (χ0n) is 8.93. The first kappa shape index (κ1) is 10.6. The lowest BCUT2D eigenvalue weighted by Gasteiger charge is -2.13. The highest BCUT2D eigenvalue weighted by atomic mass is 19.1. The number of rotatable bonds is 3. The first-order valence-electron chi connectivity index (χ1n) is 5.09. The molecule has 0 bridgehead atoms. The van der Waals surface area contributed by atoms with Gasteiger partial charge in [-0.2, -0.15) is 0 Å². The van der Waals surface area contributed by atoms with Crippen molar-refractivity contribution in [3.63, 3.8) is 0 Å². The fourth-order valence-corrected chi connectivity index (χ4v) is 1.42. The van der Waals surface area contributed by atoms with Crippen molar-refractivity contribution in [2.45, 2.75) is 13.0 Å². The molecule has 3 heteroatoms. The van der Waals surface area contributed by atoms with Crippen molar-refractivity contribution >= 4 is 0 Å². The first-order valence-corrected chi connectivity index (χ1v) is 5.09. The lowest BCUT2D eigenvalue weighted by Crippen LogP contribution is -2.04. The van der Waals surface area contributed by atoms with Crippen molar-refractivity contribution in [1.82, 2.24) is 4.98 Å². The number of halogens is 1. The maximum Gasteiger partial charge on any atom is 0.138 e. The van der Waals surface area contributed by atoms with E-state index in [0.29, 0.717) is 5.75 Å². The van der Waals surface area contributed by atoms with E-state index in [9.17, 15) is 4.39 Å². The summed E-state index contributed by atoms with van der Waals surface area (Å²) in [5, 5.41) is 0. The van der Waals surface area contributed by atoms with Crippen LogP contribution in [0.15, 0.2) is 48.7 Å². The van der Waals surface area contributed by atoms with Gasteiger partial charge in [-0.3, -0.25) is 4.98 Å². The van der Waals surface area contributed by atoms with Gasteiger partial charge in [-0.1, -0.05) is 12.1 Å². The summed E-state index contributed by atoms with van der Waals surface area (Å²) < 4.78 is 18.5. The summed E-state index contributed by atoms with van der Waals surface area (Å²) in [6.07, 6.45) is 1.52. The van der Waals surface area contributed by atoms with Gasteiger partial charge in [0.2, 0.25) is 0 Å². The number of aromatic nitrogens is 1. The largest absolute Gasteiger partial charge is 0.484 e. The fourth-order valence-electron chi connectivity index (χ4n) is 1.42. The van der Waals surface area contributed by atoms with Gasteiger partial charge < -0.3 is 4.74 Å². The minimum atomic E-state index is -0.300. The quantitative estimate of drug-likeness (QED) is 0.786. The van der Waals surface area contributed by atoms with E-state index in [1.54, 1.807) is 18.3 Å². The summed E-state index contributed by atoms with van der Waals surface area (Å²) in [5.74, 6) is 0.212. The van der Waals surface area contributed by atoms with Gasteiger partial charge >= 0.3 is 0 Å². The molecular formula is C13H12FNO. The maximum absolute atomic E-state index is 12.9. The third-order valence-corrected chi connectivity index (χ3v) is 2.21. The molecule has 2 nitrogen and oxygen atoms in total. The van der Waals surface area contributed by atoms with E-state index in [2.05, 4.69) is 4.98 Å². The van der Waals surface area contributed by atoms with Crippen LogP contribution in [-0.2, 0) is 0 Å². The van der Waals surface area contributed by atoms with Crippen LogP contribution >= 0.6 is 0 Å². The molecule has 0 saturated carbocycles. The van der Waals surface area contributed by atoms with Crippen LogP contribution in [0.5, 0.6) is 5.75 Å². The van der Waals surface area contributed by atoms with Gasteiger partial charge in [0, 0.05) is 12.3 Å². The minimum Gasteiger partial charge on any atom is -0.484 e. The minimum absolute atomic E-state index is 0.192. The van der Waals surface area contributed by atoms with Crippen molar-refractivity contribution < 1.29 is 9.13 Å². The summed E-state index contributed by atoms with van der Waals surface area (Å²) in [5.41, 5.74) is 0.826. The predicted molar refractivity (Wildman–Crippen MR) is 59.7 cm³/mol. The Balaban J connectivity index is 2.11. The SMILES string of the molecule is CC(Oc1cccc(F)c1)c1ccccn1. The van der Waals surface area contributed by atoms with Crippen LogP contribution in [-0.4, -0.2) is 4.98 Å². The van der Waals surface area contributed by atoms with Crippen molar-refractivity contribution in [3.05, 3.63) is 60.2 Å². The summed E-state index contributed by atoms with van der Waals surface area (Å²) in [4.78, 5) is 4.18. The van der Waals surface area contributed by atoms with Crippen LogP contribution in [0, 0.1) is 5.82 Å². The van der Waals surface area contributed by atoms with Crippen molar-refractivity contribution in [1.29, 1.82) is 0 Å². The molecule has 1 aromatic heterocycles. The lowest BCUT2D eigenvalue weighted by atomic mass is 10.2. The lowest BCUT2D eigenvalue weighted by molar-refractivity contribution is 0.221. The molecule has 0 aliphatic carbocycles. The van der Waals surface area contributed by atoms with Crippen LogP contribution in [0.4, 0.5) is 4.39 Å². The van der Waals surface area contributed by atoms with E-state index in [4.69, 9.17) is 4.74 Å². The first-order chi connectivity index (χ1) is 7.75. The van der Waals surface area contributed by atoms with Crippen LogP contribution in [0.1, 0.15) is 18.7 Å². The fraction of sp³-hybridized carbons (Fsp3) is 0.154. The van der Waals surface area contributed by atoms with Gasteiger partial charge in [-0.05, 0) is 31.2 Å². The number of pyridine rings is 1. The van der Waals surface area contributed by atoms with E-state index in [-0.39, 0.29) is 11.9 Å². The Morgan fingerprint density at radius 1 is 1.19 bits per heavy atom. The highest BCUT2D eigenvalue weighted by molar-refractivity contribution is 5.23. The van der Waals surface area contributed by atoms with E-state index < -0.39 is 0 Å². The summed E-state index contributed by atoms with van der Waals surface area (Å²) >= 11 is 0. The van der Waals surface area contributed by atoms with E-state index in [1.165, 1.54) is 12.1 Å². The molecule has 1 unspecified atom stereocenters. The second-order valence-corrected chi connectivity index (χ2v) is 3.47. The third-order valence-electron chi connectivity index (χ3n) is 2.21. The normalized spacial score (nSPS) is 12.1. The van der Waals surface area contributed by atoms with Crippen molar-refractivity contribution in [3.8, 4) is 5.75 Å². The Labute approximate surface area is 93.7 Å². The van der Waals surface area contributed by atoms with Gasteiger partial charge in [0.15, 0.2) is 0 Å². The van der Waals surface area contributed by atoms with Gasteiger partial charge in [-0.15, -0.1) is 0 Å². The third kappa shape index (κ3) is 2.57. The molecule has 2 aromatic rings. The Hall–Kier alpha value is -1.90. The van der Waals surface area contributed by atoms with Crippen LogP contribution < -0.4 is 4.74 Å². The molecule has 0 aliphatic rings. The Morgan fingerprint density at radius 3 is 2.75 bits per heavy atom. The Kier molecular flexibility index (Phi) is 3.15. The van der Waals surface area contributed by atoms with Crippen molar-refractivity contribution in [2.24, 2.45) is 0 Å². The molecule has 0 amide bonds. The number of hydrogen-bond acceptors (Lipinski definition) is 2. The van der Waals surface area contributed by atoms with Gasteiger partial charge in [-0.25, -0.2) is 4.39 Å². The van der Waals surface area contributed by atoms with E-state index in [1.807, 2.05) is 25.1 Å². The molecule has 0 N–H and O–H groups in total. The molecule has 1 aromatic carbocycles. The molecule has 0 fully saturated rings. The average molecular weight is 217 g/mol. The second-order valence-electron chi connectivity index (χ2n) is 3.47. The topological polar surface area (TPSA) is 22.1 Å². The molecule has 0 radical (unpaired) electrons. The Bertz CT molecular complexity index is 458. The molecule has 0 saturated heterocycles. The Morgan fingerprint density at radius 2 is 2.06 bits per heavy atom. The van der Waals surface area contributed by atoms with Crippen LogP contribution in [0.2, 0.25) is 0 Å². The second kappa shape index (κ2) is 4.75. The molecule has 1 heterocycles. The van der Waals surface area contributed by atoms with Crippen molar-refractivity contribution in [2.75, 3.05) is 0 Å². The standard InChI is InChI=1S/C13H12FNO/c1-10(13-7-2-3-8-15-13)16-12-6-4-5-11(14)9-12/h2-10H,1H3. The van der Waals surface area contributed by atoms with Gasteiger partial charge in [0.25, 0.3) is 0 Å². The molecule has 1 atom stereocenters. The zero-order valence-corrected chi connectivity index (χ0v) is 8.93. The molecule has 2 rings (SSSR count). The predicted octanol–water partition coefficient (Wildman–Crippen LogP) is 3.36. The summed E-state index contributed by atoms with van der Waals surface area (Å²) in [7, 11) is 0. The van der Waals surface area contributed by atoms with Crippen LogP contribution in [0.25, 0.3) is 0 Å². The van der Waals surface area contributed by atoms with Gasteiger partial charge in [0.05, 0.1) is 5.69 Å². The highest BCUT2D eigenvalue weighted by Crippen LogP contribution is 2.20. The summed E-state index contributed by atoms with van der Waals surface area (Å²) in [6.45, 7) is 1.88. The van der Waals surface area contributed by atoms with Crippen LogP contribution in [0.3, 0.4) is 0 Å². The molecule has 0 spiro atoms. The molecule has 0 aliphatic heterocycles. The summed E-state index contributed by atoms with van der Waals surface area (Å²) in [6, 6.07) is 11.7. The average Bonchev–Trinajstić information content (AvgIpc) is 2.30. The van der Waals surface area contributed by atoms with E-state index in [0.717, 1.165) is 5.69 Å². The molecule has 82 valence electrons. The highest BCUT2D eigenvalue weighted by Gasteiger charge is 2.07. The number of hydrogen-bond donors (Lipinski definition) is 0. The van der Waals surface area contributed by atoms with Gasteiger partial charge in [0.1, 0.15) is 17.7 Å². The number of ether oxygens (including phenoxy) is 1. The van der Waals surface area contributed by atoms with E-state index >= 15 is 0 Å². The number of nitrogens with zero attached hydrogens (tertiary/aromatic N) is 1. The smallest absolute Gasteiger partial charge is 0.138 e.